The monoisotopic (exact) mass is 515 g/mol. The fourth-order valence-electron chi connectivity index (χ4n) is 3.69. The highest BCUT2D eigenvalue weighted by Crippen LogP contribution is 2.34. The van der Waals surface area contributed by atoms with E-state index in [0.29, 0.717) is 0 Å². The van der Waals surface area contributed by atoms with Crippen LogP contribution in [-0.4, -0.2) is 30.0 Å². The van der Waals surface area contributed by atoms with E-state index in [0.717, 1.165) is 39.8 Å². The van der Waals surface area contributed by atoms with Crippen molar-refractivity contribution in [3.8, 4) is 16.9 Å². The van der Waals surface area contributed by atoms with Crippen molar-refractivity contribution in [2.75, 3.05) is 7.05 Å². The van der Waals surface area contributed by atoms with E-state index in [9.17, 15) is 18.0 Å². The van der Waals surface area contributed by atoms with Crippen LogP contribution in [0.4, 0.5) is 18.0 Å². The molecule has 0 bridgehead atoms. The van der Waals surface area contributed by atoms with Crippen LogP contribution in [0, 0.1) is 6.92 Å². The van der Waals surface area contributed by atoms with Crippen molar-refractivity contribution in [3.63, 3.8) is 0 Å². The second-order valence-electron chi connectivity index (χ2n) is 9.87. The van der Waals surface area contributed by atoms with Crippen LogP contribution in [-0.2, 0) is 11.3 Å². The Kier molecular flexibility index (Phi) is 9.79. The van der Waals surface area contributed by atoms with E-state index in [1.54, 1.807) is 46.0 Å². The van der Waals surface area contributed by atoms with E-state index in [1.165, 1.54) is 22.6 Å². The minimum atomic E-state index is -4.76. The molecule has 2 rings (SSSR count). The minimum Gasteiger partial charge on any atom is -0.444 e. The summed E-state index contributed by atoms with van der Waals surface area (Å²) in [5.41, 5.74) is 5.67. The molecule has 0 atom stereocenters. The maximum atomic E-state index is 12.7. The summed E-state index contributed by atoms with van der Waals surface area (Å²) in [6.07, 6.45) is 3.46. The quantitative estimate of drug-likeness (QED) is 0.329. The summed E-state index contributed by atoms with van der Waals surface area (Å²) in [5.74, 6) is -0.290. The molecule has 7 heteroatoms. The molecule has 0 aliphatic carbocycles. The van der Waals surface area contributed by atoms with Gasteiger partial charge in [0.1, 0.15) is 11.4 Å². The van der Waals surface area contributed by atoms with Crippen LogP contribution in [0.15, 0.2) is 54.6 Å². The first kappa shape index (κ1) is 29.7. The summed E-state index contributed by atoms with van der Waals surface area (Å²) in [5, 5.41) is 0. The molecule has 0 unspecified atom stereocenters. The molecule has 0 heterocycles. The van der Waals surface area contributed by atoms with Crippen LogP contribution in [0.3, 0.4) is 0 Å². The Labute approximate surface area is 218 Å². The van der Waals surface area contributed by atoms with E-state index in [-0.39, 0.29) is 12.3 Å². The third-order valence-corrected chi connectivity index (χ3v) is 5.68. The third-order valence-electron chi connectivity index (χ3n) is 5.68. The predicted molar refractivity (Wildman–Crippen MR) is 144 cm³/mol. The number of alkyl halides is 3. The molecule has 0 N–H and O–H groups in total. The van der Waals surface area contributed by atoms with Gasteiger partial charge < -0.3 is 14.4 Å². The largest absolute Gasteiger partial charge is 0.573 e. The minimum absolute atomic E-state index is 0.253. The first-order valence-electron chi connectivity index (χ1n) is 12.1. The second kappa shape index (κ2) is 12.2. The Morgan fingerprint density at radius 3 is 2.24 bits per heavy atom. The van der Waals surface area contributed by atoms with Gasteiger partial charge in [0.15, 0.2) is 0 Å². The average Bonchev–Trinajstić information content (AvgIpc) is 2.79. The smallest absolute Gasteiger partial charge is 0.444 e. The van der Waals surface area contributed by atoms with Crippen molar-refractivity contribution in [2.24, 2.45) is 0 Å². The van der Waals surface area contributed by atoms with Gasteiger partial charge in [0.05, 0.1) is 0 Å². The van der Waals surface area contributed by atoms with Crippen LogP contribution < -0.4 is 4.74 Å². The summed E-state index contributed by atoms with van der Waals surface area (Å²) in [4.78, 5) is 14.1. The molecule has 4 nitrogen and oxygen atoms in total. The Morgan fingerprint density at radius 2 is 1.73 bits per heavy atom. The molecule has 37 heavy (non-hydrogen) atoms. The van der Waals surface area contributed by atoms with Gasteiger partial charge in [-0.2, -0.15) is 0 Å². The summed E-state index contributed by atoms with van der Waals surface area (Å²) >= 11 is 0. The predicted octanol–water partition coefficient (Wildman–Crippen LogP) is 8.94. The average molecular weight is 516 g/mol. The molecule has 200 valence electrons. The first-order chi connectivity index (χ1) is 17.1. The van der Waals surface area contributed by atoms with Crippen LogP contribution in [0.25, 0.3) is 23.3 Å². The zero-order valence-corrected chi connectivity index (χ0v) is 22.6. The van der Waals surface area contributed by atoms with Gasteiger partial charge in [-0.05, 0) is 92.6 Å². The molecule has 2 aromatic rings. The topological polar surface area (TPSA) is 38.8 Å². The molecule has 2 aromatic carbocycles. The third kappa shape index (κ3) is 8.85. The number of rotatable bonds is 8. The molecular formula is C30H36F3NO3. The van der Waals surface area contributed by atoms with E-state index in [1.807, 2.05) is 38.1 Å². The number of benzene rings is 2. The van der Waals surface area contributed by atoms with E-state index in [2.05, 4.69) is 18.2 Å². The standard InChI is InChI=1S/C30H36F3NO3/c1-9-20(3)12-11-13-26-21(4)27(22-14-16-24(17-15-22)36-30(31,32)33)18-23(25(26)10-2)19-34(8)28(35)37-29(5,6)7/h10-18H,2,9,19H2,1,3-8H3/b13-11-,20-12+. The lowest BCUT2D eigenvalue weighted by molar-refractivity contribution is -0.274. The molecule has 1 amide bonds. The fraction of sp³-hybridized carbons (Fsp3) is 0.367. The fourth-order valence-corrected chi connectivity index (χ4v) is 3.69. The lowest BCUT2D eigenvalue weighted by Crippen LogP contribution is -2.34. The van der Waals surface area contributed by atoms with Crippen molar-refractivity contribution in [3.05, 3.63) is 76.9 Å². The molecular weight excluding hydrogens is 479 g/mol. The van der Waals surface area contributed by atoms with Crippen LogP contribution in [0.1, 0.15) is 63.3 Å². The number of allylic oxidation sites excluding steroid dienone is 3. The summed E-state index contributed by atoms with van der Waals surface area (Å²) in [7, 11) is 1.66. The van der Waals surface area contributed by atoms with E-state index >= 15 is 0 Å². The molecule has 0 aliphatic heterocycles. The number of hydrogen-bond acceptors (Lipinski definition) is 3. The van der Waals surface area contributed by atoms with Gasteiger partial charge in [0, 0.05) is 13.6 Å². The SMILES string of the molecule is C=Cc1c(CN(C)C(=O)OC(C)(C)C)cc(-c2ccc(OC(F)(F)F)cc2)c(C)c1/C=C\C=C(/C)CC. The van der Waals surface area contributed by atoms with Crippen LogP contribution >= 0.6 is 0 Å². The number of nitrogens with zero attached hydrogens (tertiary/aromatic N) is 1. The van der Waals surface area contributed by atoms with Crippen molar-refractivity contribution in [2.45, 2.75) is 66.5 Å². The molecule has 0 saturated heterocycles. The van der Waals surface area contributed by atoms with E-state index in [4.69, 9.17) is 4.74 Å². The zero-order chi connectivity index (χ0) is 28.0. The number of carbonyl (C=O) groups excluding carboxylic acids is 1. The van der Waals surface area contributed by atoms with Gasteiger partial charge in [-0.25, -0.2) is 4.79 Å². The second-order valence-corrected chi connectivity index (χ2v) is 9.87. The van der Waals surface area contributed by atoms with Crippen LogP contribution in [0.2, 0.25) is 0 Å². The number of ether oxygens (including phenoxy) is 2. The molecule has 0 aromatic heterocycles. The summed E-state index contributed by atoms with van der Waals surface area (Å²) < 4.78 is 47.4. The summed E-state index contributed by atoms with van der Waals surface area (Å²) in [6, 6.07) is 7.70. The number of hydrogen-bond donors (Lipinski definition) is 0. The molecule has 0 spiro atoms. The normalized spacial score (nSPS) is 12.5. The Hall–Kier alpha value is -3.48. The van der Waals surface area contributed by atoms with Gasteiger partial charge in [0.2, 0.25) is 0 Å². The number of carbonyl (C=O) groups is 1. The van der Waals surface area contributed by atoms with Crippen molar-refractivity contribution in [1.29, 1.82) is 0 Å². The van der Waals surface area contributed by atoms with Gasteiger partial charge in [-0.1, -0.05) is 55.5 Å². The summed E-state index contributed by atoms with van der Waals surface area (Å²) in [6.45, 7) is 15.8. The first-order valence-corrected chi connectivity index (χ1v) is 12.1. The lowest BCUT2D eigenvalue weighted by atomic mass is 9.88. The van der Waals surface area contributed by atoms with Gasteiger partial charge in [0.25, 0.3) is 0 Å². The number of halogens is 3. The van der Waals surface area contributed by atoms with Gasteiger partial charge in [-0.15, -0.1) is 13.2 Å². The zero-order valence-electron chi connectivity index (χ0n) is 22.6. The highest BCUT2D eigenvalue weighted by atomic mass is 19.4. The van der Waals surface area contributed by atoms with Crippen LogP contribution in [0.5, 0.6) is 5.75 Å². The lowest BCUT2D eigenvalue weighted by Gasteiger charge is -2.26. The number of amides is 1. The Balaban J connectivity index is 2.62. The molecule has 0 radical (unpaired) electrons. The highest BCUT2D eigenvalue weighted by molar-refractivity contribution is 5.80. The molecule has 0 fully saturated rings. The maximum absolute atomic E-state index is 12.7. The Morgan fingerprint density at radius 1 is 1.11 bits per heavy atom. The van der Waals surface area contributed by atoms with Gasteiger partial charge in [-0.3, -0.25) is 0 Å². The van der Waals surface area contributed by atoms with E-state index < -0.39 is 18.1 Å². The molecule has 0 aliphatic rings. The van der Waals surface area contributed by atoms with Gasteiger partial charge >= 0.3 is 12.5 Å². The Bertz CT molecular complexity index is 1170. The van der Waals surface area contributed by atoms with Crippen molar-refractivity contribution in [1.82, 2.24) is 4.90 Å². The van der Waals surface area contributed by atoms with Crippen molar-refractivity contribution >= 4 is 18.2 Å². The molecule has 0 saturated carbocycles. The van der Waals surface area contributed by atoms with Crippen molar-refractivity contribution < 1.29 is 27.4 Å². The highest BCUT2D eigenvalue weighted by Gasteiger charge is 2.31. The maximum Gasteiger partial charge on any atom is 0.573 e.